The monoisotopic (exact) mass is 389 g/mol. The number of rotatable bonds is 4. The first-order valence-corrected chi connectivity index (χ1v) is 10.4. The highest BCUT2D eigenvalue weighted by Crippen LogP contribution is 2.38. The molecule has 0 bridgehead atoms. The fraction of sp³-hybridized carbons (Fsp3) is 0.400. The van der Waals surface area contributed by atoms with Crippen LogP contribution < -0.4 is 14.2 Å². The van der Waals surface area contributed by atoms with E-state index in [4.69, 9.17) is 14.2 Å². The lowest BCUT2D eigenvalue weighted by molar-refractivity contribution is 0.174. The second-order valence-electron chi connectivity index (χ2n) is 7.05. The van der Waals surface area contributed by atoms with Crippen LogP contribution in [0, 0.1) is 13.8 Å². The van der Waals surface area contributed by atoms with Crippen molar-refractivity contribution in [2.75, 3.05) is 27.0 Å². The molecule has 27 heavy (non-hydrogen) atoms. The number of benzene rings is 2. The molecular formula is C20H23NO5S. The van der Waals surface area contributed by atoms with Crippen molar-refractivity contribution in [3.8, 4) is 17.2 Å². The Kier molecular flexibility index (Phi) is 4.52. The molecule has 0 aliphatic carbocycles. The van der Waals surface area contributed by atoms with E-state index in [2.05, 4.69) is 0 Å². The molecule has 0 radical (unpaired) electrons. The van der Waals surface area contributed by atoms with Crippen molar-refractivity contribution in [2.45, 2.75) is 31.1 Å². The van der Waals surface area contributed by atoms with Crippen molar-refractivity contribution in [2.24, 2.45) is 0 Å². The summed E-state index contributed by atoms with van der Waals surface area (Å²) in [5, 5.41) is 0. The molecule has 144 valence electrons. The molecule has 4 rings (SSSR count). The van der Waals surface area contributed by atoms with E-state index in [9.17, 15) is 8.42 Å². The third kappa shape index (κ3) is 3.15. The van der Waals surface area contributed by atoms with Gasteiger partial charge in [0.15, 0.2) is 11.5 Å². The van der Waals surface area contributed by atoms with Crippen LogP contribution in [-0.2, 0) is 10.0 Å². The maximum atomic E-state index is 13.1. The Morgan fingerprint density at radius 2 is 1.78 bits per heavy atom. The van der Waals surface area contributed by atoms with Crippen LogP contribution in [0.1, 0.15) is 29.0 Å². The SMILES string of the molecule is COc1c(C)cc(S(=O)(=O)N2CCC(c3ccc4c(c3)OCO4)C2)cc1C. The number of hydrogen-bond donors (Lipinski definition) is 0. The van der Waals surface area contributed by atoms with Crippen LogP contribution in [0.4, 0.5) is 0 Å². The fourth-order valence-corrected chi connectivity index (χ4v) is 5.59. The third-order valence-electron chi connectivity index (χ3n) is 5.29. The summed E-state index contributed by atoms with van der Waals surface area (Å²) < 4.78 is 44.0. The topological polar surface area (TPSA) is 65.1 Å². The van der Waals surface area contributed by atoms with Crippen molar-refractivity contribution in [1.29, 1.82) is 0 Å². The summed E-state index contributed by atoms with van der Waals surface area (Å²) in [6.45, 7) is 4.94. The third-order valence-corrected chi connectivity index (χ3v) is 7.14. The predicted octanol–water partition coefficient (Wildman–Crippen LogP) is 3.22. The molecule has 0 amide bonds. The molecule has 2 aliphatic rings. The zero-order chi connectivity index (χ0) is 19.2. The molecule has 0 saturated carbocycles. The molecule has 0 aromatic heterocycles. The summed E-state index contributed by atoms with van der Waals surface area (Å²) in [6, 6.07) is 9.23. The molecule has 2 aliphatic heterocycles. The largest absolute Gasteiger partial charge is 0.496 e. The van der Waals surface area contributed by atoms with Crippen LogP contribution in [0.3, 0.4) is 0 Å². The molecule has 1 fully saturated rings. The van der Waals surface area contributed by atoms with E-state index in [-0.39, 0.29) is 12.7 Å². The van der Waals surface area contributed by atoms with Gasteiger partial charge in [-0.1, -0.05) is 6.07 Å². The molecule has 6 nitrogen and oxygen atoms in total. The Balaban J connectivity index is 1.58. The van der Waals surface area contributed by atoms with E-state index in [0.29, 0.717) is 18.0 Å². The van der Waals surface area contributed by atoms with Crippen molar-refractivity contribution in [1.82, 2.24) is 4.31 Å². The van der Waals surface area contributed by atoms with E-state index in [1.54, 1.807) is 23.5 Å². The molecule has 2 heterocycles. The van der Waals surface area contributed by atoms with Crippen LogP contribution in [0.2, 0.25) is 0 Å². The number of hydrogen-bond acceptors (Lipinski definition) is 5. The van der Waals surface area contributed by atoms with Crippen molar-refractivity contribution in [3.63, 3.8) is 0 Å². The van der Waals surface area contributed by atoms with Gasteiger partial charge in [-0.15, -0.1) is 0 Å². The predicted molar refractivity (Wildman–Crippen MR) is 101 cm³/mol. The van der Waals surface area contributed by atoms with Crippen LogP contribution in [0.15, 0.2) is 35.2 Å². The van der Waals surface area contributed by atoms with Gasteiger partial charge < -0.3 is 14.2 Å². The van der Waals surface area contributed by atoms with E-state index in [1.165, 1.54) is 0 Å². The summed E-state index contributed by atoms with van der Waals surface area (Å²) >= 11 is 0. The molecule has 0 spiro atoms. The standard InChI is InChI=1S/C20H23NO5S/c1-13-8-17(9-14(2)20(13)24-3)27(22,23)21-7-6-16(11-21)15-4-5-18-19(10-15)26-12-25-18/h4-5,8-10,16H,6-7,11-12H2,1-3H3. The van der Waals surface area contributed by atoms with Gasteiger partial charge in [0.05, 0.1) is 12.0 Å². The summed E-state index contributed by atoms with van der Waals surface area (Å²) in [6.07, 6.45) is 0.785. The normalized spacial score (nSPS) is 19.4. The average molecular weight is 389 g/mol. The Bertz CT molecular complexity index is 963. The summed E-state index contributed by atoms with van der Waals surface area (Å²) in [7, 11) is -1.94. The quantitative estimate of drug-likeness (QED) is 0.803. The first kappa shape index (κ1) is 18.1. The van der Waals surface area contributed by atoms with Crippen LogP contribution in [0.25, 0.3) is 0 Å². The second kappa shape index (κ2) is 6.73. The smallest absolute Gasteiger partial charge is 0.243 e. The van der Waals surface area contributed by atoms with Gasteiger partial charge in [-0.25, -0.2) is 8.42 Å². The minimum absolute atomic E-state index is 0.148. The van der Waals surface area contributed by atoms with Gasteiger partial charge in [0, 0.05) is 13.1 Å². The highest BCUT2D eigenvalue weighted by atomic mass is 32.2. The number of aryl methyl sites for hydroxylation is 2. The van der Waals surface area contributed by atoms with Crippen molar-refractivity contribution >= 4 is 10.0 Å². The molecule has 2 aromatic carbocycles. The highest BCUT2D eigenvalue weighted by molar-refractivity contribution is 7.89. The lowest BCUT2D eigenvalue weighted by atomic mass is 9.98. The molecule has 0 N–H and O–H groups in total. The van der Waals surface area contributed by atoms with Gasteiger partial charge in [0.25, 0.3) is 0 Å². The first-order chi connectivity index (χ1) is 12.9. The molecule has 1 atom stereocenters. The zero-order valence-electron chi connectivity index (χ0n) is 15.7. The van der Waals surface area contributed by atoms with Gasteiger partial charge in [-0.3, -0.25) is 0 Å². The van der Waals surface area contributed by atoms with Gasteiger partial charge in [0.1, 0.15) is 5.75 Å². The van der Waals surface area contributed by atoms with E-state index >= 15 is 0 Å². The summed E-state index contributed by atoms with van der Waals surface area (Å²) in [4.78, 5) is 0.324. The molecule has 1 unspecified atom stereocenters. The van der Waals surface area contributed by atoms with Crippen LogP contribution in [-0.4, -0.2) is 39.7 Å². The Hall–Kier alpha value is -2.25. The van der Waals surface area contributed by atoms with Crippen LogP contribution >= 0.6 is 0 Å². The number of methoxy groups -OCH3 is 1. The number of nitrogens with zero attached hydrogens (tertiary/aromatic N) is 1. The molecular weight excluding hydrogens is 366 g/mol. The van der Waals surface area contributed by atoms with Gasteiger partial charge in [-0.05, 0) is 67.1 Å². The molecule has 1 saturated heterocycles. The number of fused-ring (bicyclic) bond motifs is 1. The molecule has 2 aromatic rings. The Morgan fingerprint density at radius 3 is 2.48 bits per heavy atom. The van der Waals surface area contributed by atoms with Crippen molar-refractivity contribution < 1.29 is 22.6 Å². The Morgan fingerprint density at radius 1 is 1.07 bits per heavy atom. The van der Waals surface area contributed by atoms with E-state index < -0.39 is 10.0 Å². The summed E-state index contributed by atoms with van der Waals surface area (Å²) in [5.74, 6) is 2.35. The van der Waals surface area contributed by atoms with Crippen LogP contribution in [0.5, 0.6) is 17.2 Å². The molecule has 7 heteroatoms. The van der Waals surface area contributed by atoms with Gasteiger partial charge >= 0.3 is 0 Å². The Labute approximate surface area is 159 Å². The minimum atomic E-state index is -3.54. The zero-order valence-corrected chi connectivity index (χ0v) is 16.5. The highest BCUT2D eigenvalue weighted by Gasteiger charge is 2.34. The van der Waals surface area contributed by atoms with Gasteiger partial charge in [-0.2, -0.15) is 4.31 Å². The maximum Gasteiger partial charge on any atom is 0.243 e. The number of sulfonamides is 1. The lowest BCUT2D eigenvalue weighted by Crippen LogP contribution is -2.28. The first-order valence-electron chi connectivity index (χ1n) is 8.95. The maximum absolute atomic E-state index is 13.1. The lowest BCUT2D eigenvalue weighted by Gasteiger charge is -2.19. The minimum Gasteiger partial charge on any atom is -0.496 e. The van der Waals surface area contributed by atoms with Gasteiger partial charge in [0.2, 0.25) is 16.8 Å². The van der Waals surface area contributed by atoms with Crippen molar-refractivity contribution in [3.05, 3.63) is 47.0 Å². The van der Waals surface area contributed by atoms with E-state index in [1.807, 2.05) is 32.0 Å². The second-order valence-corrected chi connectivity index (χ2v) is 8.99. The average Bonchev–Trinajstić information content (AvgIpc) is 3.30. The fourth-order valence-electron chi connectivity index (χ4n) is 3.92. The number of ether oxygens (including phenoxy) is 3. The summed E-state index contributed by atoms with van der Waals surface area (Å²) in [5.41, 5.74) is 2.73. The van der Waals surface area contributed by atoms with E-state index in [0.717, 1.165) is 40.4 Å².